The second-order valence-electron chi connectivity index (χ2n) is 7.62. The zero-order valence-electron chi connectivity index (χ0n) is 16.1. The number of anilines is 1. The number of amides is 3. The summed E-state index contributed by atoms with van der Waals surface area (Å²) in [6.07, 6.45) is 0.693. The van der Waals surface area contributed by atoms with Crippen LogP contribution in [0.4, 0.5) is 10.5 Å². The number of hydrogen-bond donors (Lipinski definition) is 1. The van der Waals surface area contributed by atoms with Crippen LogP contribution in [0.3, 0.4) is 0 Å². The van der Waals surface area contributed by atoms with Crippen LogP contribution in [0.15, 0.2) is 42.5 Å². The molecule has 2 aliphatic rings. The Morgan fingerprint density at radius 2 is 1.86 bits per heavy atom. The molecule has 1 aromatic heterocycles. The van der Waals surface area contributed by atoms with Crippen molar-refractivity contribution in [2.45, 2.75) is 25.8 Å². The fraction of sp³-hybridized carbons (Fsp3) is 0.273. The SMILES string of the molecule is COc1ccc2[nH]c3c(c2c1)CCN1C(=O)N(c2ccc(C)cc2)C(=O)C31C. The molecule has 1 atom stereocenters. The van der Waals surface area contributed by atoms with Crippen LogP contribution in [0, 0.1) is 6.92 Å². The fourth-order valence-corrected chi connectivity index (χ4v) is 4.47. The van der Waals surface area contributed by atoms with E-state index in [1.807, 2.05) is 56.3 Å². The Labute approximate surface area is 162 Å². The van der Waals surface area contributed by atoms with Gasteiger partial charge in [0.1, 0.15) is 5.75 Å². The fourth-order valence-electron chi connectivity index (χ4n) is 4.47. The third kappa shape index (κ3) is 2.03. The highest BCUT2D eigenvalue weighted by molar-refractivity contribution is 6.23. The van der Waals surface area contributed by atoms with E-state index in [1.54, 1.807) is 12.0 Å². The van der Waals surface area contributed by atoms with Gasteiger partial charge in [-0.05, 0) is 56.2 Å². The number of nitrogens with one attached hydrogen (secondary N) is 1. The zero-order chi connectivity index (χ0) is 19.6. The number of carbonyl (C=O) groups excluding carboxylic acids is 2. The van der Waals surface area contributed by atoms with E-state index < -0.39 is 5.54 Å². The van der Waals surface area contributed by atoms with Crippen molar-refractivity contribution in [2.75, 3.05) is 18.6 Å². The molecule has 0 radical (unpaired) electrons. The monoisotopic (exact) mass is 375 g/mol. The van der Waals surface area contributed by atoms with Crippen molar-refractivity contribution in [3.8, 4) is 5.75 Å². The molecule has 2 aliphatic heterocycles. The van der Waals surface area contributed by atoms with Crippen molar-refractivity contribution in [3.05, 3.63) is 59.3 Å². The van der Waals surface area contributed by atoms with E-state index in [-0.39, 0.29) is 11.9 Å². The van der Waals surface area contributed by atoms with Crippen LogP contribution in [-0.4, -0.2) is 35.5 Å². The van der Waals surface area contributed by atoms with Gasteiger partial charge in [0.25, 0.3) is 5.91 Å². The Balaban J connectivity index is 1.67. The topological polar surface area (TPSA) is 65.6 Å². The molecule has 142 valence electrons. The van der Waals surface area contributed by atoms with Crippen LogP contribution in [-0.2, 0) is 16.8 Å². The molecule has 1 unspecified atom stereocenters. The Morgan fingerprint density at radius 1 is 1.11 bits per heavy atom. The van der Waals surface area contributed by atoms with Gasteiger partial charge in [-0.25, -0.2) is 9.69 Å². The van der Waals surface area contributed by atoms with Gasteiger partial charge < -0.3 is 14.6 Å². The number of imide groups is 1. The molecule has 1 N–H and O–H groups in total. The number of fused-ring (bicyclic) bond motifs is 5. The summed E-state index contributed by atoms with van der Waals surface area (Å²) < 4.78 is 5.36. The van der Waals surface area contributed by atoms with Gasteiger partial charge in [0.15, 0.2) is 5.54 Å². The molecule has 0 aliphatic carbocycles. The number of aromatic nitrogens is 1. The average molecular weight is 375 g/mol. The summed E-state index contributed by atoms with van der Waals surface area (Å²) in [7, 11) is 1.64. The molecule has 6 heteroatoms. The van der Waals surface area contributed by atoms with Crippen molar-refractivity contribution < 1.29 is 14.3 Å². The summed E-state index contributed by atoms with van der Waals surface area (Å²) >= 11 is 0. The van der Waals surface area contributed by atoms with Gasteiger partial charge in [-0.15, -0.1) is 0 Å². The lowest BCUT2D eigenvalue weighted by Gasteiger charge is -2.35. The van der Waals surface area contributed by atoms with E-state index in [4.69, 9.17) is 4.74 Å². The van der Waals surface area contributed by atoms with E-state index in [2.05, 4.69) is 4.98 Å². The maximum absolute atomic E-state index is 13.5. The number of nitrogens with zero attached hydrogens (tertiary/aromatic N) is 2. The van der Waals surface area contributed by atoms with Gasteiger partial charge in [0, 0.05) is 17.4 Å². The zero-order valence-corrected chi connectivity index (χ0v) is 16.1. The number of aryl methyl sites for hydroxylation is 1. The predicted octanol–water partition coefficient (Wildman–Crippen LogP) is 3.73. The second-order valence-corrected chi connectivity index (χ2v) is 7.62. The first-order valence-electron chi connectivity index (χ1n) is 9.37. The van der Waals surface area contributed by atoms with Crippen LogP contribution < -0.4 is 9.64 Å². The van der Waals surface area contributed by atoms with E-state index in [1.165, 1.54) is 4.90 Å². The van der Waals surface area contributed by atoms with E-state index >= 15 is 0 Å². The first-order valence-corrected chi connectivity index (χ1v) is 9.37. The Hall–Kier alpha value is -3.28. The number of rotatable bonds is 2. The Kier molecular flexibility index (Phi) is 3.38. The van der Waals surface area contributed by atoms with Crippen molar-refractivity contribution in [1.29, 1.82) is 0 Å². The Bertz CT molecular complexity index is 1130. The van der Waals surface area contributed by atoms with E-state index in [9.17, 15) is 9.59 Å². The standard InChI is InChI=1S/C22H21N3O3/c1-13-4-6-14(7-5-13)25-20(26)22(2)19-16(10-11-24(22)21(25)27)17-12-15(28-3)8-9-18(17)23-19/h4-9,12,23H,10-11H2,1-3H3. The predicted molar refractivity (Wildman–Crippen MR) is 107 cm³/mol. The molecule has 0 spiro atoms. The van der Waals surface area contributed by atoms with Crippen LogP contribution in [0.5, 0.6) is 5.75 Å². The second kappa shape index (κ2) is 5.61. The van der Waals surface area contributed by atoms with Crippen LogP contribution >= 0.6 is 0 Å². The molecule has 3 aromatic rings. The first-order chi connectivity index (χ1) is 13.4. The summed E-state index contributed by atoms with van der Waals surface area (Å²) in [5, 5.41) is 1.05. The highest BCUT2D eigenvalue weighted by Gasteiger charge is 2.58. The summed E-state index contributed by atoms with van der Waals surface area (Å²) in [5.41, 5.74) is 3.48. The third-order valence-electron chi connectivity index (χ3n) is 6.06. The molecule has 3 heterocycles. The van der Waals surface area contributed by atoms with Gasteiger partial charge in [-0.1, -0.05) is 17.7 Å². The van der Waals surface area contributed by atoms with Gasteiger partial charge in [-0.3, -0.25) is 4.79 Å². The smallest absolute Gasteiger partial charge is 0.332 e. The van der Waals surface area contributed by atoms with Crippen LogP contribution in [0.2, 0.25) is 0 Å². The average Bonchev–Trinajstić information content (AvgIpc) is 3.17. The van der Waals surface area contributed by atoms with Crippen LogP contribution in [0.25, 0.3) is 10.9 Å². The molecule has 3 amide bonds. The molecular weight excluding hydrogens is 354 g/mol. The number of carbonyl (C=O) groups is 2. The largest absolute Gasteiger partial charge is 0.497 e. The molecule has 5 rings (SSSR count). The molecule has 0 bridgehead atoms. The van der Waals surface area contributed by atoms with E-state index in [0.717, 1.165) is 33.5 Å². The highest BCUT2D eigenvalue weighted by Crippen LogP contribution is 2.45. The van der Waals surface area contributed by atoms with Crippen molar-refractivity contribution in [2.24, 2.45) is 0 Å². The van der Waals surface area contributed by atoms with Crippen molar-refractivity contribution in [1.82, 2.24) is 9.88 Å². The lowest BCUT2D eigenvalue weighted by Crippen LogP contribution is -2.49. The molecule has 6 nitrogen and oxygen atoms in total. The van der Waals surface area contributed by atoms with Crippen LogP contribution in [0.1, 0.15) is 23.7 Å². The molecule has 28 heavy (non-hydrogen) atoms. The normalized spacial score (nSPS) is 21.2. The number of methoxy groups -OCH3 is 1. The number of aromatic amines is 1. The number of H-pyrrole nitrogens is 1. The quantitative estimate of drug-likeness (QED) is 0.694. The van der Waals surface area contributed by atoms with Gasteiger partial charge in [0.2, 0.25) is 0 Å². The van der Waals surface area contributed by atoms with Gasteiger partial charge in [-0.2, -0.15) is 0 Å². The van der Waals surface area contributed by atoms with E-state index in [0.29, 0.717) is 18.7 Å². The molecule has 2 aromatic carbocycles. The summed E-state index contributed by atoms with van der Waals surface area (Å²) in [5.74, 6) is 0.554. The lowest BCUT2D eigenvalue weighted by molar-refractivity contribution is -0.125. The summed E-state index contributed by atoms with van der Waals surface area (Å²) in [6.45, 7) is 4.32. The van der Waals surface area contributed by atoms with Crippen molar-refractivity contribution >= 4 is 28.5 Å². The minimum absolute atomic E-state index is 0.221. The lowest BCUT2D eigenvalue weighted by atomic mass is 9.87. The Morgan fingerprint density at radius 3 is 2.57 bits per heavy atom. The molecular formula is C22H21N3O3. The molecule has 1 saturated heterocycles. The number of ether oxygens (including phenoxy) is 1. The minimum Gasteiger partial charge on any atom is -0.497 e. The molecule has 1 fully saturated rings. The molecule has 0 saturated carbocycles. The maximum Gasteiger partial charge on any atom is 0.332 e. The third-order valence-corrected chi connectivity index (χ3v) is 6.06. The minimum atomic E-state index is -1.04. The first kappa shape index (κ1) is 16.9. The maximum atomic E-state index is 13.5. The number of hydrogen-bond acceptors (Lipinski definition) is 3. The number of benzene rings is 2. The summed E-state index contributed by atoms with van der Waals surface area (Å²) in [4.78, 5) is 33.1. The number of urea groups is 1. The van der Waals surface area contributed by atoms with Crippen molar-refractivity contribution in [3.63, 3.8) is 0 Å². The van der Waals surface area contributed by atoms with Gasteiger partial charge >= 0.3 is 6.03 Å². The highest BCUT2D eigenvalue weighted by atomic mass is 16.5. The summed E-state index contributed by atoms with van der Waals surface area (Å²) in [6, 6.07) is 13.0. The van der Waals surface area contributed by atoms with Gasteiger partial charge in [0.05, 0.1) is 18.5 Å².